The number of methoxy groups -OCH3 is 1. The zero-order valence-electron chi connectivity index (χ0n) is 21.0. The van der Waals surface area contributed by atoms with Crippen LogP contribution in [-0.4, -0.2) is 29.7 Å². The Morgan fingerprint density at radius 3 is 1.84 bits per heavy atom. The van der Waals surface area contributed by atoms with Crippen molar-refractivity contribution in [2.45, 2.75) is 72.9 Å². The quantitative estimate of drug-likeness (QED) is 0.264. The molecule has 0 radical (unpaired) electrons. The van der Waals surface area contributed by atoms with Gasteiger partial charge in [0.25, 0.3) is 0 Å². The van der Waals surface area contributed by atoms with Gasteiger partial charge in [-0.15, -0.1) is 0 Å². The summed E-state index contributed by atoms with van der Waals surface area (Å²) in [6.07, 6.45) is 1.00. The van der Waals surface area contributed by atoms with E-state index in [0.29, 0.717) is 5.75 Å². The molecule has 0 spiro atoms. The van der Waals surface area contributed by atoms with Crippen LogP contribution in [0.25, 0.3) is 0 Å². The van der Waals surface area contributed by atoms with Crippen molar-refractivity contribution in [3.8, 4) is 11.5 Å². The monoisotopic (exact) mass is 460 g/mol. The fraction of sp³-hybridized carbons (Fsp3) is 0.480. The first-order chi connectivity index (χ1) is 14.3. The Balaban J connectivity index is 0.000000327. The van der Waals surface area contributed by atoms with Gasteiger partial charge >= 0.3 is 5.97 Å². The fourth-order valence-corrected chi connectivity index (χ4v) is 11.7. The van der Waals surface area contributed by atoms with E-state index in [9.17, 15) is 4.79 Å². The van der Waals surface area contributed by atoms with E-state index in [0.717, 1.165) is 23.8 Å². The molecule has 6 heteroatoms. The largest absolute Gasteiger partial charge is 0.496 e. The average molecular weight is 461 g/mol. The molecular formula is C25H40O4Si2. The first-order valence-corrected chi connectivity index (χ1v) is 17.4. The number of benzene rings is 2. The molecule has 0 heterocycles. The smallest absolute Gasteiger partial charge is 0.308 e. The molecule has 0 N–H and O–H groups in total. The summed E-state index contributed by atoms with van der Waals surface area (Å²) in [5.41, 5.74) is 4.83. The van der Waals surface area contributed by atoms with Gasteiger partial charge in [-0.05, 0) is 93.4 Å². The number of hydrogen-bond acceptors (Lipinski definition) is 4. The summed E-state index contributed by atoms with van der Waals surface area (Å²) in [6, 6.07) is 13.4. The van der Waals surface area contributed by atoms with Crippen molar-refractivity contribution in [1.29, 1.82) is 0 Å². The Labute approximate surface area is 191 Å². The summed E-state index contributed by atoms with van der Waals surface area (Å²) in [7, 11) is -1.33. The van der Waals surface area contributed by atoms with Gasteiger partial charge in [0.2, 0.25) is 0 Å². The normalized spacial score (nSPS) is 11.4. The Kier molecular flexibility index (Phi) is 10.2. The second kappa shape index (κ2) is 11.6. The molecule has 0 unspecified atom stereocenters. The van der Waals surface area contributed by atoms with Gasteiger partial charge in [-0.3, -0.25) is 4.79 Å². The van der Waals surface area contributed by atoms with Crippen LogP contribution in [0.15, 0.2) is 36.4 Å². The van der Waals surface area contributed by atoms with Crippen LogP contribution < -0.4 is 9.47 Å². The molecule has 0 amide bonds. The van der Waals surface area contributed by atoms with Gasteiger partial charge in [-0.25, -0.2) is 0 Å². The third kappa shape index (κ3) is 10.3. The predicted molar refractivity (Wildman–Crippen MR) is 135 cm³/mol. The Morgan fingerprint density at radius 2 is 1.39 bits per heavy atom. The van der Waals surface area contributed by atoms with E-state index < -0.39 is 16.6 Å². The van der Waals surface area contributed by atoms with Crippen LogP contribution in [0.2, 0.25) is 32.7 Å². The molecule has 0 aliphatic rings. The summed E-state index contributed by atoms with van der Waals surface area (Å²) in [5.74, 6) is 1.35. The van der Waals surface area contributed by atoms with Crippen LogP contribution in [0.3, 0.4) is 0 Å². The maximum atomic E-state index is 10.7. The molecule has 0 saturated heterocycles. The van der Waals surface area contributed by atoms with Crippen molar-refractivity contribution in [2.75, 3.05) is 7.11 Å². The van der Waals surface area contributed by atoms with Crippen molar-refractivity contribution in [1.82, 2.24) is 0 Å². The van der Waals surface area contributed by atoms with Crippen LogP contribution in [0.5, 0.6) is 11.5 Å². The highest BCUT2D eigenvalue weighted by atomic mass is 28.4. The lowest BCUT2D eigenvalue weighted by molar-refractivity contribution is -0.131. The zero-order valence-corrected chi connectivity index (χ0v) is 23.0. The number of carbonyl (C=O) groups is 1. The highest BCUT2D eigenvalue weighted by Gasteiger charge is 2.29. The van der Waals surface area contributed by atoms with E-state index in [1.54, 1.807) is 7.11 Å². The number of aryl methyl sites for hydroxylation is 3. The third-order valence-corrected chi connectivity index (χ3v) is 10.5. The summed E-state index contributed by atoms with van der Waals surface area (Å²) in [6.45, 7) is 19.0. The fourth-order valence-electron chi connectivity index (χ4n) is 3.61. The van der Waals surface area contributed by atoms with E-state index in [1.807, 2.05) is 25.1 Å². The number of esters is 1. The molecule has 4 nitrogen and oxygen atoms in total. The molecule has 0 atom stereocenters. The van der Waals surface area contributed by atoms with Crippen molar-refractivity contribution < 1.29 is 18.4 Å². The van der Waals surface area contributed by atoms with E-state index in [-0.39, 0.29) is 5.97 Å². The molecule has 31 heavy (non-hydrogen) atoms. The molecule has 0 aliphatic heterocycles. The summed E-state index contributed by atoms with van der Waals surface area (Å²) in [5, 5.41) is 0. The second-order valence-corrected chi connectivity index (χ2v) is 18.4. The number of hydrogen-bond donors (Lipinski definition) is 0. The van der Waals surface area contributed by atoms with E-state index in [2.05, 4.69) is 64.8 Å². The number of ether oxygens (including phenoxy) is 2. The molecular weight excluding hydrogens is 420 g/mol. The van der Waals surface area contributed by atoms with Gasteiger partial charge in [0.1, 0.15) is 11.5 Å². The minimum absolute atomic E-state index is 0.271. The summed E-state index contributed by atoms with van der Waals surface area (Å²) >= 11 is 0. The molecule has 2 aromatic rings. The SMILES string of the molecule is CCc1ccc(OC(C)=O)c(C)c1.COc1ccc(C[Si](C)(C)O[Si](C)(C)C)cc1C. The Bertz CT molecular complexity index is 870. The first-order valence-electron chi connectivity index (χ1n) is 10.9. The third-order valence-electron chi connectivity index (χ3n) is 4.57. The predicted octanol–water partition coefficient (Wildman–Crippen LogP) is 6.62. The lowest BCUT2D eigenvalue weighted by Gasteiger charge is -2.31. The van der Waals surface area contributed by atoms with Gasteiger partial charge in [0.05, 0.1) is 7.11 Å². The number of rotatable bonds is 7. The molecule has 0 saturated carbocycles. The lowest BCUT2D eigenvalue weighted by atomic mass is 10.1. The molecule has 0 fully saturated rings. The van der Waals surface area contributed by atoms with Gasteiger partial charge in [-0.2, -0.15) is 0 Å². The summed E-state index contributed by atoms with van der Waals surface area (Å²) < 4.78 is 16.7. The van der Waals surface area contributed by atoms with E-state index >= 15 is 0 Å². The highest BCUT2D eigenvalue weighted by Crippen LogP contribution is 2.23. The lowest BCUT2D eigenvalue weighted by Crippen LogP contribution is -2.44. The van der Waals surface area contributed by atoms with Gasteiger partial charge in [-0.1, -0.05) is 31.2 Å². The standard InChI is InChI=1S/C14H26O2Si2.C11H14O2/c1-12-10-13(8-9-14(12)15-2)11-18(6,7)16-17(3,4)5;1-4-10-5-6-11(8(2)7-10)13-9(3)12/h8-10H,11H2,1-7H3;5-7H,4H2,1-3H3. The Morgan fingerprint density at radius 1 is 0.871 bits per heavy atom. The van der Waals surface area contributed by atoms with E-state index in [1.165, 1.54) is 23.6 Å². The number of carbonyl (C=O) groups excluding carboxylic acids is 1. The molecule has 0 aromatic heterocycles. The summed E-state index contributed by atoms with van der Waals surface area (Å²) in [4.78, 5) is 10.7. The maximum absolute atomic E-state index is 10.7. The topological polar surface area (TPSA) is 44.8 Å². The van der Waals surface area contributed by atoms with Crippen molar-refractivity contribution in [2.24, 2.45) is 0 Å². The molecule has 0 aliphatic carbocycles. The van der Waals surface area contributed by atoms with Gasteiger partial charge in [0, 0.05) is 6.92 Å². The molecule has 172 valence electrons. The minimum Gasteiger partial charge on any atom is -0.496 e. The van der Waals surface area contributed by atoms with Crippen molar-refractivity contribution in [3.63, 3.8) is 0 Å². The molecule has 0 bridgehead atoms. The van der Waals surface area contributed by atoms with Crippen LogP contribution in [-0.2, 0) is 21.4 Å². The maximum Gasteiger partial charge on any atom is 0.308 e. The van der Waals surface area contributed by atoms with Crippen molar-refractivity contribution in [3.05, 3.63) is 58.7 Å². The Hall–Kier alpha value is -1.90. The van der Waals surface area contributed by atoms with Crippen molar-refractivity contribution >= 4 is 22.6 Å². The van der Waals surface area contributed by atoms with Crippen LogP contribution >= 0.6 is 0 Å². The van der Waals surface area contributed by atoms with Gasteiger partial charge in [0.15, 0.2) is 16.6 Å². The zero-order chi connectivity index (χ0) is 23.8. The molecule has 2 aromatic carbocycles. The van der Waals surface area contributed by atoms with Crippen LogP contribution in [0, 0.1) is 13.8 Å². The molecule has 2 rings (SSSR count). The van der Waals surface area contributed by atoms with E-state index in [4.69, 9.17) is 13.6 Å². The second-order valence-electron chi connectivity index (χ2n) is 9.50. The van der Waals surface area contributed by atoms with Gasteiger partial charge < -0.3 is 13.6 Å². The minimum atomic E-state index is -1.61. The highest BCUT2D eigenvalue weighted by molar-refractivity contribution is 6.83. The van der Waals surface area contributed by atoms with Crippen LogP contribution in [0.4, 0.5) is 0 Å². The van der Waals surface area contributed by atoms with Crippen LogP contribution in [0.1, 0.15) is 36.1 Å². The first kappa shape index (κ1) is 27.1. The average Bonchev–Trinajstić information content (AvgIpc) is 2.61.